The number of carbonyl (C=O) groups is 2. The molecule has 1 amide bonds. The maximum Gasteiger partial charge on any atom is 0.326 e. The molecule has 1 aromatic carbocycles. The van der Waals surface area contributed by atoms with Crippen molar-refractivity contribution in [2.24, 2.45) is 5.92 Å². The number of amides is 1. The molecule has 6 heteroatoms. The summed E-state index contributed by atoms with van der Waals surface area (Å²) in [5.74, 6) is -1.29. The van der Waals surface area contributed by atoms with Crippen LogP contribution in [-0.4, -0.2) is 28.0 Å². The van der Waals surface area contributed by atoms with Gasteiger partial charge < -0.3 is 10.4 Å². The van der Waals surface area contributed by atoms with E-state index in [0.717, 1.165) is 5.56 Å². The molecule has 0 bridgehead atoms. The smallest absolute Gasteiger partial charge is 0.326 e. The molecule has 0 saturated carbocycles. The molecular formula is C16H18N2O3S. The SMILES string of the molecule is CC(C)C[C@@H](NC(=O)c1nc(-c2ccccc2)cs1)C(=O)O. The Hall–Kier alpha value is -2.21. The Balaban J connectivity index is 2.10. The van der Waals surface area contributed by atoms with Gasteiger partial charge in [-0.05, 0) is 12.3 Å². The van der Waals surface area contributed by atoms with Gasteiger partial charge in [0, 0.05) is 10.9 Å². The van der Waals surface area contributed by atoms with Crippen molar-refractivity contribution in [1.82, 2.24) is 10.3 Å². The van der Waals surface area contributed by atoms with Gasteiger partial charge in [-0.1, -0.05) is 44.2 Å². The predicted molar refractivity (Wildman–Crippen MR) is 85.9 cm³/mol. The summed E-state index contributed by atoms with van der Waals surface area (Å²) in [5, 5.41) is 13.8. The highest BCUT2D eigenvalue weighted by atomic mass is 32.1. The predicted octanol–water partition coefficient (Wildman–Crippen LogP) is 3.04. The highest BCUT2D eigenvalue weighted by Gasteiger charge is 2.23. The van der Waals surface area contributed by atoms with Gasteiger partial charge in [0.05, 0.1) is 5.69 Å². The fourth-order valence-corrected chi connectivity index (χ4v) is 2.76. The summed E-state index contributed by atoms with van der Waals surface area (Å²) in [6.45, 7) is 3.83. The Morgan fingerprint density at radius 2 is 1.95 bits per heavy atom. The number of carboxylic acid groups (broad SMARTS) is 1. The van der Waals surface area contributed by atoms with Crippen LogP contribution in [0.3, 0.4) is 0 Å². The number of aliphatic carboxylic acids is 1. The number of thiazole rings is 1. The fourth-order valence-electron chi connectivity index (χ4n) is 2.03. The zero-order valence-electron chi connectivity index (χ0n) is 12.4. The molecule has 5 nitrogen and oxygen atoms in total. The van der Waals surface area contributed by atoms with Crippen LogP contribution in [0.1, 0.15) is 30.1 Å². The zero-order chi connectivity index (χ0) is 16.1. The van der Waals surface area contributed by atoms with E-state index in [1.807, 2.05) is 44.2 Å². The van der Waals surface area contributed by atoms with Gasteiger partial charge in [0.15, 0.2) is 5.01 Å². The summed E-state index contributed by atoms with van der Waals surface area (Å²) in [5.41, 5.74) is 1.64. The molecule has 0 aliphatic rings. The van der Waals surface area contributed by atoms with Crippen LogP contribution < -0.4 is 5.32 Å². The number of nitrogens with one attached hydrogen (secondary N) is 1. The number of nitrogens with zero attached hydrogens (tertiary/aromatic N) is 1. The van der Waals surface area contributed by atoms with Crippen LogP contribution in [0.4, 0.5) is 0 Å². The minimum atomic E-state index is -1.03. The molecular weight excluding hydrogens is 300 g/mol. The van der Waals surface area contributed by atoms with Crippen LogP contribution in [0.2, 0.25) is 0 Å². The second kappa shape index (κ2) is 7.17. The molecule has 1 aromatic heterocycles. The Morgan fingerprint density at radius 3 is 2.55 bits per heavy atom. The lowest BCUT2D eigenvalue weighted by Gasteiger charge is -2.15. The number of hydrogen-bond donors (Lipinski definition) is 2. The van der Waals surface area contributed by atoms with Crippen molar-refractivity contribution < 1.29 is 14.7 Å². The number of carboxylic acids is 1. The van der Waals surface area contributed by atoms with E-state index in [0.29, 0.717) is 12.1 Å². The zero-order valence-corrected chi connectivity index (χ0v) is 13.3. The molecule has 0 spiro atoms. The molecule has 0 unspecified atom stereocenters. The minimum Gasteiger partial charge on any atom is -0.480 e. The molecule has 1 atom stereocenters. The number of benzene rings is 1. The average molecular weight is 318 g/mol. The topological polar surface area (TPSA) is 79.3 Å². The van der Waals surface area contributed by atoms with E-state index in [-0.39, 0.29) is 10.9 Å². The molecule has 2 aromatic rings. The third kappa shape index (κ3) is 4.14. The first-order chi connectivity index (χ1) is 10.5. The largest absolute Gasteiger partial charge is 0.480 e. The van der Waals surface area contributed by atoms with Gasteiger partial charge >= 0.3 is 5.97 Å². The summed E-state index contributed by atoms with van der Waals surface area (Å²) in [7, 11) is 0. The lowest BCUT2D eigenvalue weighted by atomic mass is 10.0. The molecule has 0 radical (unpaired) electrons. The Bertz CT molecular complexity index is 652. The lowest BCUT2D eigenvalue weighted by Crippen LogP contribution is -2.41. The molecule has 0 fully saturated rings. The van der Waals surface area contributed by atoms with Crippen LogP contribution >= 0.6 is 11.3 Å². The second-order valence-corrected chi connectivity index (χ2v) is 6.26. The monoisotopic (exact) mass is 318 g/mol. The first-order valence-corrected chi connectivity index (χ1v) is 7.90. The van der Waals surface area contributed by atoms with Gasteiger partial charge in [-0.15, -0.1) is 11.3 Å². The summed E-state index contributed by atoms with van der Waals surface area (Å²) in [4.78, 5) is 27.6. The van der Waals surface area contributed by atoms with Crippen molar-refractivity contribution in [1.29, 1.82) is 0 Å². The third-order valence-corrected chi connectivity index (χ3v) is 3.92. The van der Waals surface area contributed by atoms with E-state index in [9.17, 15) is 9.59 Å². The van der Waals surface area contributed by atoms with Gasteiger partial charge in [-0.25, -0.2) is 9.78 Å². The Morgan fingerprint density at radius 1 is 1.27 bits per heavy atom. The van der Waals surface area contributed by atoms with Gasteiger partial charge in [-0.3, -0.25) is 4.79 Å². The van der Waals surface area contributed by atoms with Gasteiger partial charge in [0.25, 0.3) is 5.91 Å². The van der Waals surface area contributed by atoms with E-state index in [1.54, 1.807) is 5.38 Å². The molecule has 1 heterocycles. The number of carbonyl (C=O) groups excluding carboxylic acids is 1. The highest BCUT2D eigenvalue weighted by Crippen LogP contribution is 2.21. The van der Waals surface area contributed by atoms with E-state index < -0.39 is 17.9 Å². The first kappa shape index (κ1) is 16.2. The first-order valence-electron chi connectivity index (χ1n) is 7.02. The summed E-state index contributed by atoms with van der Waals surface area (Å²) >= 11 is 1.21. The van der Waals surface area contributed by atoms with Crippen molar-refractivity contribution in [3.63, 3.8) is 0 Å². The van der Waals surface area contributed by atoms with Gasteiger partial charge in [-0.2, -0.15) is 0 Å². The molecule has 0 aliphatic heterocycles. The maximum atomic E-state index is 12.2. The van der Waals surface area contributed by atoms with E-state index in [1.165, 1.54) is 11.3 Å². The summed E-state index contributed by atoms with van der Waals surface area (Å²) in [6.07, 6.45) is 0.387. The minimum absolute atomic E-state index is 0.178. The van der Waals surface area contributed by atoms with Gasteiger partial charge in [0.2, 0.25) is 0 Å². The molecule has 0 saturated heterocycles. The molecule has 116 valence electrons. The molecule has 2 N–H and O–H groups in total. The van der Waals surface area contributed by atoms with E-state index in [4.69, 9.17) is 5.11 Å². The number of aromatic nitrogens is 1. The van der Waals surface area contributed by atoms with Crippen LogP contribution in [0.5, 0.6) is 0 Å². The van der Waals surface area contributed by atoms with Crippen molar-refractivity contribution in [2.75, 3.05) is 0 Å². The molecule has 22 heavy (non-hydrogen) atoms. The van der Waals surface area contributed by atoms with Crippen molar-refractivity contribution in [3.8, 4) is 11.3 Å². The van der Waals surface area contributed by atoms with Crippen LogP contribution in [0, 0.1) is 5.92 Å². The maximum absolute atomic E-state index is 12.2. The van der Waals surface area contributed by atoms with Gasteiger partial charge in [0.1, 0.15) is 6.04 Å². The van der Waals surface area contributed by atoms with Crippen LogP contribution in [-0.2, 0) is 4.79 Å². The van der Waals surface area contributed by atoms with E-state index in [2.05, 4.69) is 10.3 Å². The van der Waals surface area contributed by atoms with E-state index >= 15 is 0 Å². The third-order valence-electron chi connectivity index (χ3n) is 3.08. The van der Waals surface area contributed by atoms with Crippen LogP contribution in [0.15, 0.2) is 35.7 Å². The van der Waals surface area contributed by atoms with Crippen molar-refractivity contribution >= 4 is 23.2 Å². The quantitative estimate of drug-likeness (QED) is 0.858. The second-order valence-electron chi connectivity index (χ2n) is 5.40. The summed E-state index contributed by atoms with van der Waals surface area (Å²) in [6, 6.07) is 8.64. The summed E-state index contributed by atoms with van der Waals surface area (Å²) < 4.78 is 0. The standard InChI is InChI=1S/C16H18N2O3S/c1-10(2)8-12(16(20)21)17-14(19)15-18-13(9-22-15)11-6-4-3-5-7-11/h3-7,9-10,12H,8H2,1-2H3,(H,17,19)(H,20,21)/t12-/m1/s1. The normalized spacial score (nSPS) is 12.1. The van der Waals surface area contributed by atoms with Crippen molar-refractivity contribution in [2.45, 2.75) is 26.3 Å². The number of rotatable bonds is 6. The lowest BCUT2D eigenvalue weighted by molar-refractivity contribution is -0.139. The van der Waals surface area contributed by atoms with Crippen molar-refractivity contribution in [3.05, 3.63) is 40.7 Å². The van der Waals surface area contributed by atoms with Crippen LogP contribution in [0.25, 0.3) is 11.3 Å². The molecule has 0 aliphatic carbocycles. The molecule has 2 rings (SSSR count). The number of hydrogen-bond acceptors (Lipinski definition) is 4. The fraction of sp³-hybridized carbons (Fsp3) is 0.312. The Labute approximate surface area is 133 Å². The average Bonchev–Trinajstić information content (AvgIpc) is 2.96. The Kier molecular flexibility index (Phi) is 5.27. The highest BCUT2D eigenvalue weighted by molar-refractivity contribution is 7.12.